The van der Waals surface area contributed by atoms with E-state index in [4.69, 9.17) is 22.1 Å². The highest BCUT2D eigenvalue weighted by atomic mass is 35.5. The Morgan fingerprint density at radius 3 is 2.86 bits per heavy atom. The van der Waals surface area contributed by atoms with Crippen LogP contribution in [0.2, 0.25) is 5.02 Å². The van der Waals surface area contributed by atoms with Crippen molar-refractivity contribution in [3.05, 3.63) is 50.1 Å². The summed E-state index contributed by atoms with van der Waals surface area (Å²) in [6.45, 7) is 3.74. The average molecular weight is 544 g/mol. The molecule has 37 heavy (non-hydrogen) atoms. The van der Waals surface area contributed by atoms with E-state index in [0.717, 1.165) is 46.5 Å². The summed E-state index contributed by atoms with van der Waals surface area (Å²) >= 11 is 7.71. The lowest BCUT2D eigenvalue weighted by molar-refractivity contribution is -0.149. The van der Waals surface area contributed by atoms with Gasteiger partial charge in [0, 0.05) is 46.4 Å². The molecule has 3 heterocycles. The van der Waals surface area contributed by atoms with E-state index in [1.54, 1.807) is 25.1 Å². The molecule has 0 bridgehead atoms. The lowest BCUT2D eigenvalue weighted by Crippen LogP contribution is -2.42. The predicted molar refractivity (Wildman–Crippen MR) is 142 cm³/mol. The van der Waals surface area contributed by atoms with Gasteiger partial charge >= 0.3 is 5.97 Å². The fourth-order valence-electron chi connectivity index (χ4n) is 5.60. The highest BCUT2D eigenvalue weighted by Gasteiger charge is 2.38. The molecule has 196 valence electrons. The molecule has 3 atom stereocenters. The number of nitrogens with two attached hydrogens (primary N) is 1. The Balaban J connectivity index is 1.45. The molecule has 1 unspecified atom stereocenters. The summed E-state index contributed by atoms with van der Waals surface area (Å²) in [6, 6.07) is 5.04. The van der Waals surface area contributed by atoms with Gasteiger partial charge in [-0.3, -0.25) is 14.4 Å². The number of aromatic nitrogens is 2. The first kappa shape index (κ1) is 25.7. The minimum atomic E-state index is -0.584. The van der Waals surface area contributed by atoms with E-state index in [0.29, 0.717) is 35.0 Å². The van der Waals surface area contributed by atoms with Gasteiger partial charge in [-0.1, -0.05) is 11.6 Å². The van der Waals surface area contributed by atoms with Crippen LogP contribution in [0, 0.1) is 5.92 Å². The number of carbonyl (C=O) groups is 3. The van der Waals surface area contributed by atoms with Crippen molar-refractivity contribution in [2.45, 2.75) is 51.1 Å². The van der Waals surface area contributed by atoms with Crippen molar-refractivity contribution < 1.29 is 19.1 Å². The topological polar surface area (TPSA) is 130 Å². The number of nitrogens with zero attached hydrogens (tertiary/aromatic N) is 2. The Bertz CT molecular complexity index is 1370. The van der Waals surface area contributed by atoms with Crippen LogP contribution in [0.4, 0.5) is 0 Å². The normalized spacial score (nSPS) is 22.0. The zero-order valence-electron chi connectivity index (χ0n) is 20.8. The molecule has 1 fully saturated rings. The summed E-state index contributed by atoms with van der Waals surface area (Å²) in [4.78, 5) is 49.5. The minimum absolute atomic E-state index is 0.221. The monoisotopic (exact) mass is 543 g/mol. The van der Waals surface area contributed by atoms with Crippen LogP contribution in [0.25, 0.3) is 10.9 Å². The molecule has 1 saturated carbocycles. The maximum Gasteiger partial charge on any atom is 0.309 e. The van der Waals surface area contributed by atoms with Gasteiger partial charge in [-0.15, -0.1) is 11.3 Å². The van der Waals surface area contributed by atoms with Crippen LogP contribution >= 0.6 is 22.9 Å². The largest absolute Gasteiger partial charge is 0.466 e. The molecule has 2 aliphatic rings. The molecule has 4 N–H and O–H groups in total. The molecule has 2 amide bonds. The predicted octanol–water partition coefficient (Wildman–Crippen LogP) is 3.61. The van der Waals surface area contributed by atoms with E-state index in [9.17, 15) is 14.4 Å². The number of benzene rings is 1. The van der Waals surface area contributed by atoms with E-state index in [1.807, 2.05) is 0 Å². The number of carbonyl (C=O) groups excluding carboxylic acids is 3. The Hall–Kier alpha value is -2.95. The van der Waals surface area contributed by atoms with Crippen LogP contribution in [0.3, 0.4) is 0 Å². The first-order valence-corrected chi connectivity index (χ1v) is 13.7. The second kappa shape index (κ2) is 10.4. The first-order valence-electron chi connectivity index (χ1n) is 12.5. The van der Waals surface area contributed by atoms with Gasteiger partial charge in [-0.05, 0) is 62.9 Å². The summed E-state index contributed by atoms with van der Waals surface area (Å²) in [5, 5.41) is 4.88. The average Bonchev–Trinajstić information content (AvgIpc) is 3.45. The number of likely N-dealkylation sites (N-methyl/N-ethyl adjacent to an activating group) is 1. The van der Waals surface area contributed by atoms with E-state index in [1.165, 1.54) is 11.3 Å². The molecule has 11 heteroatoms. The second-order valence-corrected chi connectivity index (χ2v) is 11.4. The third-order valence-corrected chi connectivity index (χ3v) is 8.55. The standard InChI is InChI=1S/C26H30ClN5O4S/c1-3-36-26(35)14-8-13(21-17-11-15(27)4-5-18(17)30-22(21)23(28)33)9-16(10-14)29-24(34)25-31-19-6-7-32(2)12-20(19)37-25/h4-5,11,13-14,16,30H,3,6-10,12H2,1-2H3,(H2,28,33)(H,29,34)/t13?,14-,16-/m0/s1. The zero-order valence-corrected chi connectivity index (χ0v) is 22.4. The van der Waals surface area contributed by atoms with E-state index < -0.39 is 11.8 Å². The number of halogens is 1. The summed E-state index contributed by atoms with van der Waals surface area (Å²) in [6.07, 6.45) is 2.28. The van der Waals surface area contributed by atoms with Gasteiger partial charge in [0.25, 0.3) is 11.8 Å². The van der Waals surface area contributed by atoms with Crippen molar-refractivity contribution in [1.29, 1.82) is 0 Å². The van der Waals surface area contributed by atoms with Crippen molar-refractivity contribution in [3.8, 4) is 0 Å². The number of rotatable bonds is 6. The van der Waals surface area contributed by atoms with E-state index in [-0.39, 0.29) is 30.4 Å². The molecule has 1 aliphatic heterocycles. The fourth-order valence-corrected chi connectivity index (χ4v) is 6.86. The van der Waals surface area contributed by atoms with Gasteiger partial charge in [0.15, 0.2) is 5.01 Å². The highest BCUT2D eigenvalue weighted by molar-refractivity contribution is 7.13. The number of nitrogens with one attached hydrogen (secondary N) is 2. The number of thiazole rings is 1. The second-order valence-electron chi connectivity index (χ2n) is 9.87. The number of hydrogen-bond donors (Lipinski definition) is 3. The number of primary amides is 1. The van der Waals surface area contributed by atoms with Gasteiger partial charge in [0.1, 0.15) is 5.69 Å². The van der Waals surface area contributed by atoms with Crippen molar-refractivity contribution >= 4 is 51.6 Å². The third-order valence-electron chi connectivity index (χ3n) is 7.23. The zero-order chi connectivity index (χ0) is 26.3. The van der Waals surface area contributed by atoms with Crippen LogP contribution < -0.4 is 11.1 Å². The number of aromatic amines is 1. The smallest absolute Gasteiger partial charge is 0.309 e. The Kier molecular flexibility index (Phi) is 7.24. The van der Waals surface area contributed by atoms with Crippen LogP contribution in [0.5, 0.6) is 0 Å². The molecule has 1 aliphatic carbocycles. The van der Waals surface area contributed by atoms with Gasteiger partial charge in [-0.25, -0.2) is 4.98 Å². The summed E-state index contributed by atoms with van der Waals surface area (Å²) < 4.78 is 5.35. The summed E-state index contributed by atoms with van der Waals surface area (Å²) in [5.41, 5.74) is 8.49. The summed E-state index contributed by atoms with van der Waals surface area (Å²) in [5.74, 6) is -1.79. The van der Waals surface area contributed by atoms with Crippen LogP contribution in [0.1, 0.15) is 68.5 Å². The Morgan fingerprint density at radius 2 is 2.11 bits per heavy atom. The van der Waals surface area contributed by atoms with Gasteiger partial charge < -0.3 is 25.7 Å². The van der Waals surface area contributed by atoms with Gasteiger partial charge in [0.2, 0.25) is 0 Å². The molecule has 3 aromatic rings. The molecule has 0 radical (unpaired) electrons. The number of esters is 1. The number of hydrogen-bond acceptors (Lipinski definition) is 7. The molecule has 0 spiro atoms. The number of ether oxygens (including phenoxy) is 1. The van der Waals surface area contributed by atoms with Crippen molar-refractivity contribution in [2.24, 2.45) is 11.7 Å². The van der Waals surface area contributed by atoms with Crippen LogP contribution in [-0.4, -0.2) is 58.9 Å². The highest BCUT2D eigenvalue weighted by Crippen LogP contribution is 2.42. The van der Waals surface area contributed by atoms with Gasteiger partial charge in [0.05, 0.1) is 18.2 Å². The fraction of sp³-hybridized carbons (Fsp3) is 0.462. The molecule has 2 aromatic heterocycles. The van der Waals surface area contributed by atoms with Crippen molar-refractivity contribution in [3.63, 3.8) is 0 Å². The molecule has 9 nitrogen and oxygen atoms in total. The molecule has 1 aromatic carbocycles. The minimum Gasteiger partial charge on any atom is -0.466 e. The lowest BCUT2D eigenvalue weighted by Gasteiger charge is -2.34. The molecule has 0 saturated heterocycles. The van der Waals surface area contributed by atoms with Crippen LogP contribution in [0.15, 0.2) is 18.2 Å². The quantitative estimate of drug-likeness (QED) is 0.407. The van der Waals surface area contributed by atoms with Crippen molar-refractivity contribution in [2.75, 3.05) is 20.2 Å². The van der Waals surface area contributed by atoms with E-state index in [2.05, 4.69) is 27.2 Å². The van der Waals surface area contributed by atoms with Gasteiger partial charge in [-0.2, -0.15) is 0 Å². The lowest BCUT2D eigenvalue weighted by atomic mass is 9.74. The Labute approximate surface area is 223 Å². The Morgan fingerprint density at radius 1 is 1.30 bits per heavy atom. The molecular formula is C26H30ClN5O4S. The van der Waals surface area contributed by atoms with Crippen molar-refractivity contribution in [1.82, 2.24) is 20.2 Å². The number of fused-ring (bicyclic) bond motifs is 2. The summed E-state index contributed by atoms with van der Waals surface area (Å²) in [7, 11) is 2.05. The number of amides is 2. The van der Waals surface area contributed by atoms with Crippen LogP contribution in [-0.2, 0) is 22.5 Å². The SMILES string of the molecule is CCOC(=O)[C@H]1CC(c2c(C(N)=O)[nH]c3ccc(Cl)cc23)C[C@H](NC(=O)c2nc3c(s2)CN(C)CC3)C1. The van der Waals surface area contributed by atoms with E-state index >= 15 is 0 Å². The maximum absolute atomic E-state index is 13.2. The first-order chi connectivity index (χ1) is 17.7. The maximum atomic E-state index is 13.2. The molecular weight excluding hydrogens is 514 g/mol. The molecule has 5 rings (SSSR count). The number of H-pyrrole nitrogens is 1. The third kappa shape index (κ3) is 5.23.